The minimum atomic E-state index is -4.21. The lowest BCUT2D eigenvalue weighted by Gasteiger charge is -2.19. The Bertz CT molecular complexity index is 463. The molecular formula is C12H15F3N2OS. The molecule has 0 saturated heterocycles. The lowest BCUT2D eigenvalue weighted by atomic mass is 10.1. The standard InChI is InChI=1S/C12H15F3N2OS/c1-17(7-12(13,14)15)6-8-3-4-9(11(16)19)10(5-8)18-2/h3-5H,6-7H2,1-2H3,(H2,16,19). The van der Waals surface area contributed by atoms with Crippen molar-refractivity contribution in [3.05, 3.63) is 29.3 Å². The molecule has 19 heavy (non-hydrogen) atoms. The fourth-order valence-corrected chi connectivity index (χ4v) is 1.88. The third kappa shape index (κ3) is 5.04. The van der Waals surface area contributed by atoms with E-state index < -0.39 is 12.7 Å². The van der Waals surface area contributed by atoms with E-state index in [-0.39, 0.29) is 11.5 Å². The van der Waals surface area contributed by atoms with Crippen molar-refractivity contribution in [2.24, 2.45) is 5.73 Å². The van der Waals surface area contributed by atoms with E-state index in [0.717, 1.165) is 0 Å². The van der Waals surface area contributed by atoms with Crippen LogP contribution in [0.15, 0.2) is 18.2 Å². The number of benzene rings is 1. The molecule has 0 aliphatic carbocycles. The van der Waals surface area contributed by atoms with E-state index >= 15 is 0 Å². The first-order valence-electron chi connectivity index (χ1n) is 5.45. The smallest absolute Gasteiger partial charge is 0.401 e. The summed E-state index contributed by atoms with van der Waals surface area (Å²) in [5.74, 6) is 0.463. The molecule has 7 heteroatoms. The van der Waals surface area contributed by atoms with Gasteiger partial charge in [0.1, 0.15) is 10.7 Å². The number of nitrogens with zero attached hydrogens (tertiary/aromatic N) is 1. The quantitative estimate of drug-likeness (QED) is 0.845. The molecule has 106 valence electrons. The maximum atomic E-state index is 12.2. The number of alkyl halides is 3. The number of nitrogens with two attached hydrogens (primary N) is 1. The van der Waals surface area contributed by atoms with Gasteiger partial charge in [0, 0.05) is 6.54 Å². The molecule has 0 unspecified atom stereocenters. The molecule has 0 saturated carbocycles. The summed E-state index contributed by atoms with van der Waals surface area (Å²) in [4.78, 5) is 1.36. The maximum Gasteiger partial charge on any atom is 0.401 e. The maximum absolute atomic E-state index is 12.2. The fourth-order valence-electron chi connectivity index (χ4n) is 1.71. The third-order valence-electron chi connectivity index (χ3n) is 2.43. The van der Waals surface area contributed by atoms with Gasteiger partial charge in [-0.05, 0) is 24.7 Å². The van der Waals surface area contributed by atoms with Crippen molar-refractivity contribution in [1.29, 1.82) is 0 Å². The number of rotatable bonds is 5. The van der Waals surface area contributed by atoms with Gasteiger partial charge in [0.25, 0.3) is 0 Å². The monoisotopic (exact) mass is 292 g/mol. The Morgan fingerprint density at radius 1 is 1.42 bits per heavy atom. The van der Waals surface area contributed by atoms with Crippen LogP contribution in [-0.4, -0.2) is 36.8 Å². The van der Waals surface area contributed by atoms with Gasteiger partial charge in [-0.15, -0.1) is 0 Å². The second kappa shape index (κ2) is 6.21. The number of methoxy groups -OCH3 is 1. The molecule has 0 amide bonds. The highest BCUT2D eigenvalue weighted by molar-refractivity contribution is 7.80. The summed E-state index contributed by atoms with van der Waals surface area (Å²) >= 11 is 4.86. The summed E-state index contributed by atoms with van der Waals surface area (Å²) in [5, 5.41) is 0. The van der Waals surface area contributed by atoms with Crippen LogP contribution in [0.1, 0.15) is 11.1 Å². The normalized spacial score (nSPS) is 11.7. The summed E-state index contributed by atoms with van der Waals surface area (Å²) < 4.78 is 41.8. The van der Waals surface area contributed by atoms with Crippen LogP contribution in [0.5, 0.6) is 5.75 Å². The van der Waals surface area contributed by atoms with E-state index in [0.29, 0.717) is 16.9 Å². The Morgan fingerprint density at radius 2 is 2.05 bits per heavy atom. The fraction of sp³-hybridized carbons (Fsp3) is 0.417. The van der Waals surface area contributed by atoms with Crippen LogP contribution in [0.2, 0.25) is 0 Å². The summed E-state index contributed by atoms with van der Waals surface area (Å²) in [6, 6.07) is 4.98. The van der Waals surface area contributed by atoms with E-state index in [4.69, 9.17) is 22.7 Å². The molecule has 0 radical (unpaired) electrons. The molecule has 0 aromatic heterocycles. The van der Waals surface area contributed by atoms with E-state index in [1.54, 1.807) is 18.2 Å². The van der Waals surface area contributed by atoms with E-state index in [9.17, 15) is 13.2 Å². The van der Waals surface area contributed by atoms with Gasteiger partial charge in [0.05, 0.1) is 19.2 Å². The Balaban J connectivity index is 2.83. The van der Waals surface area contributed by atoms with Gasteiger partial charge >= 0.3 is 6.18 Å². The molecule has 2 N–H and O–H groups in total. The first-order valence-corrected chi connectivity index (χ1v) is 5.86. The van der Waals surface area contributed by atoms with Crippen molar-refractivity contribution < 1.29 is 17.9 Å². The van der Waals surface area contributed by atoms with Gasteiger partial charge in [-0.1, -0.05) is 18.3 Å². The number of hydrogen-bond acceptors (Lipinski definition) is 3. The molecule has 3 nitrogen and oxygen atoms in total. The van der Waals surface area contributed by atoms with E-state index in [2.05, 4.69) is 0 Å². The largest absolute Gasteiger partial charge is 0.496 e. The van der Waals surface area contributed by atoms with Crippen LogP contribution in [0.4, 0.5) is 13.2 Å². The SMILES string of the molecule is COc1cc(CN(C)CC(F)(F)F)ccc1C(N)=S. The minimum absolute atomic E-state index is 0.160. The lowest BCUT2D eigenvalue weighted by Crippen LogP contribution is -2.30. The number of thiocarbonyl (C=S) groups is 1. The van der Waals surface area contributed by atoms with Crippen LogP contribution in [0.25, 0.3) is 0 Å². The molecule has 0 aliphatic heterocycles. The van der Waals surface area contributed by atoms with E-state index in [1.165, 1.54) is 19.1 Å². The molecule has 0 heterocycles. The number of hydrogen-bond donors (Lipinski definition) is 1. The zero-order valence-corrected chi connectivity index (χ0v) is 11.4. The van der Waals surface area contributed by atoms with E-state index in [1.807, 2.05) is 0 Å². The summed E-state index contributed by atoms with van der Waals surface area (Å²) in [5.41, 5.74) is 6.78. The molecule has 1 aromatic carbocycles. The topological polar surface area (TPSA) is 38.5 Å². The van der Waals surface area contributed by atoms with Crippen molar-refractivity contribution in [2.45, 2.75) is 12.7 Å². The van der Waals surface area contributed by atoms with Crippen LogP contribution >= 0.6 is 12.2 Å². The number of halogens is 3. The number of ether oxygens (including phenoxy) is 1. The first-order chi connectivity index (χ1) is 8.73. The molecule has 0 fully saturated rings. The molecule has 1 rings (SSSR count). The first kappa shape index (κ1) is 15.7. The highest BCUT2D eigenvalue weighted by Gasteiger charge is 2.29. The van der Waals surface area contributed by atoms with Crippen LogP contribution in [0.3, 0.4) is 0 Å². The third-order valence-corrected chi connectivity index (χ3v) is 2.65. The van der Waals surface area contributed by atoms with Crippen LogP contribution < -0.4 is 10.5 Å². The van der Waals surface area contributed by atoms with Crippen molar-refractivity contribution >= 4 is 17.2 Å². The van der Waals surface area contributed by atoms with Crippen molar-refractivity contribution in [3.63, 3.8) is 0 Å². The van der Waals surface area contributed by atoms with Crippen molar-refractivity contribution in [1.82, 2.24) is 4.90 Å². The second-order valence-electron chi connectivity index (χ2n) is 4.19. The summed E-state index contributed by atoms with van der Waals surface area (Å²) in [6.07, 6.45) is -4.21. The van der Waals surface area contributed by atoms with Crippen LogP contribution in [-0.2, 0) is 6.54 Å². The van der Waals surface area contributed by atoms with Gasteiger partial charge in [-0.25, -0.2) is 0 Å². The molecule has 0 bridgehead atoms. The minimum Gasteiger partial charge on any atom is -0.496 e. The van der Waals surface area contributed by atoms with Crippen molar-refractivity contribution in [2.75, 3.05) is 20.7 Å². The molecule has 1 aromatic rings. The Morgan fingerprint density at radius 3 is 2.53 bits per heavy atom. The average molecular weight is 292 g/mol. The second-order valence-corrected chi connectivity index (χ2v) is 4.63. The predicted molar refractivity (Wildman–Crippen MR) is 71.3 cm³/mol. The summed E-state index contributed by atoms with van der Waals surface area (Å²) in [6.45, 7) is -0.806. The van der Waals surface area contributed by atoms with Gasteiger partial charge in [-0.2, -0.15) is 13.2 Å². The van der Waals surface area contributed by atoms with Gasteiger partial charge in [0.15, 0.2) is 0 Å². The molecule has 0 atom stereocenters. The Labute approximate surface area is 115 Å². The van der Waals surface area contributed by atoms with Crippen LogP contribution in [0, 0.1) is 0 Å². The van der Waals surface area contributed by atoms with Gasteiger partial charge in [-0.3, -0.25) is 4.90 Å². The Hall–Kier alpha value is -1.34. The molecule has 0 spiro atoms. The lowest BCUT2D eigenvalue weighted by molar-refractivity contribution is -0.144. The van der Waals surface area contributed by atoms with Gasteiger partial charge in [0.2, 0.25) is 0 Å². The molecule has 0 aliphatic rings. The zero-order chi connectivity index (χ0) is 14.6. The predicted octanol–water partition coefficient (Wildman–Crippen LogP) is 2.32. The zero-order valence-electron chi connectivity index (χ0n) is 10.6. The van der Waals surface area contributed by atoms with Gasteiger partial charge < -0.3 is 10.5 Å². The average Bonchev–Trinajstić information content (AvgIpc) is 2.25. The summed E-state index contributed by atoms with van der Waals surface area (Å²) in [7, 11) is 2.86. The molecular weight excluding hydrogens is 277 g/mol. The Kier molecular flexibility index (Phi) is 5.13. The highest BCUT2D eigenvalue weighted by Crippen LogP contribution is 2.22. The van der Waals surface area contributed by atoms with Crippen molar-refractivity contribution in [3.8, 4) is 5.75 Å². The highest BCUT2D eigenvalue weighted by atomic mass is 32.1.